The molecule has 20 heavy (non-hydrogen) atoms. The standard InChI is InChI=1S/C16H32N2O2/c1-5-6-13-7-9-14(10-8-13)17-11-12-18-15(19)20-16(2,3)4/h13-14,17H,5-12H2,1-4H3,(H,18,19). The van der Waals surface area contributed by atoms with Crippen LogP contribution in [-0.2, 0) is 4.74 Å². The van der Waals surface area contributed by atoms with Gasteiger partial charge in [0, 0.05) is 19.1 Å². The number of alkyl carbamates (subject to hydrolysis) is 1. The average Bonchev–Trinajstić information content (AvgIpc) is 2.35. The first kappa shape index (κ1) is 17.3. The predicted molar refractivity (Wildman–Crippen MR) is 82.9 cm³/mol. The number of amides is 1. The molecule has 1 fully saturated rings. The van der Waals surface area contributed by atoms with E-state index in [0.717, 1.165) is 12.5 Å². The Balaban J connectivity index is 2.04. The molecule has 1 amide bonds. The molecule has 0 atom stereocenters. The normalized spacial score (nSPS) is 23.4. The number of ether oxygens (including phenoxy) is 1. The second-order valence-electron chi connectivity index (χ2n) is 6.89. The summed E-state index contributed by atoms with van der Waals surface area (Å²) < 4.78 is 5.19. The van der Waals surface area contributed by atoms with E-state index in [4.69, 9.17) is 4.74 Å². The fraction of sp³-hybridized carbons (Fsp3) is 0.938. The van der Waals surface area contributed by atoms with Crippen LogP contribution in [0.15, 0.2) is 0 Å². The van der Waals surface area contributed by atoms with Crippen LogP contribution in [0.4, 0.5) is 4.79 Å². The molecule has 4 heteroatoms. The molecular weight excluding hydrogens is 252 g/mol. The van der Waals surface area contributed by atoms with E-state index in [1.807, 2.05) is 20.8 Å². The van der Waals surface area contributed by atoms with Crippen LogP contribution in [0, 0.1) is 5.92 Å². The van der Waals surface area contributed by atoms with Gasteiger partial charge < -0.3 is 15.4 Å². The maximum absolute atomic E-state index is 11.5. The van der Waals surface area contributed by atoms with Gasteiger partial charge in [-0.2, -0.15) is 0 Å². The topological polar surface area (TPSA) is 50.4 Å². The lowest BCUT2D eigenvalue weighted by atomic mass is 9.83. The Labute approximate surface area is 124 Å². The average molecular weight is 284 g/mol. The van der Waals surface area contributed by atoms with Gasteiger partial charge in [-0.25, -0.2) is 4.79 Å². The van der Waals surface area contributed by atoms with Gasteiger partial charge in [0.05, 0.1) is 0 Å². The molecule has 0 aromatic rings. The quantitative estimate of drug-likeness (QED) is 0.734. The Bertz CT molecular complexity index is 279. The van der Waals surface area contributed by atoms with Crippen molar-refractivity contribution in [3.8, 4) is 0 Å². The third kappa shape index (κ3) is 7.73. The highest BCUT2D eigenvalue weighted by Crippen LogP contribution is 2.27. The van der Waals surface area contributed by atoms with Crippen LogP contribution in [0.3, 0.4) is 0 Å². The van der Waals surface area contributed by atoms with Crippen LogP contribution in [0.2, 0.25) is 0 Å². The molecule has 118 valence electrons. The third-order valence-electron chi connectivity index (χ3n) is 3.77. The van der Waals surface area contributed by atoms with Gasteiger partial charge >= 0.3 is 6.09 Å². The predicted octanol–water partition coefficient (Wildman–Crippen LogP) is 3.46. The van der Waals surface area contributed by atoms with Crippen LogP contribution < -0.4 is 10.6 Å². The van der Waals surface area contributed by atoms with Gasteiger partial charge in [-0.1, -0.05) is 19.8 Å². The van der Waals surface area contributed by atoms with E-state index in [1.165, 1.54) is 38.5 Å². The monoisotopic (exact) mass is 284 g/mol. The molecule has 0 saturated heterocycles. The highest BCUT2D eigenvalue weighted by molar-refractivity contribution is 5.67. The zero-order valence-corrected chi connectivity index (χ0v) is 13.6. The minimum absolute atomic E-state index is 0.328. The largest absolute Gasteiger partial charge is 0.444 e. The summed E-state index contributed by atoms with van der Waals surface area (Å²) in [4.78, 5) is 11.5. The first-order chi connectivity index (χ1) is 9.40. The summed E-state index contributed by atoms with van der Waals surface area (Å²) in [7, 11) is 0. The molecule has 0 heterocycles. The highest BCUT2D eigenvalue weighted by Gasteiger charge is 2.20. The molecule has 0 radical (unpaired) electrons. The van der Waals surface area contributed by atoms with E-state index in [2.05, 4.69) is 17.6 Å². The lowest BCUT2D eigenvalue weighted by Gasteiger charge is -2.29. The molecule has 4 nitrogen and oxygen atoms in total. The zero-order valence-electron chi connectivity index (χ0n) is 13.6. The number of nitrogens with one attached hydrogen (secondary N) is 2. The van der Waals surface area contributed by atoms with Crippen molar-refractivity contribution in [2.75, 3.05) is 13.1 Å². The van der Waals surface area contributed by atoms with Gasteiger partial charge in [-0.15, -0.1) is 0 Å². The summed E-state index contributed by atoms with van der Waals surface area (Å²) in [5, 5.41) is 6.32. The van der Waals surface area contributed by atoms with Crippen molar-refractivity contribution in [1.82, 2.24) is 10.6 Å². The number of carbonyl (C=O) groups excluding carboxylic acids is 1. The Morgan fingerprint density at radius 1 is 1.15 bits per heavy atom. The Hall–Kier alpha value is -0.770. The SMILES string of the molecule is CCCC1CCC(NCCNC(=O)OC(C)(C)C)CC1. The molecule has 0 bridgehead atoms. The van der Waals surface area contributed by atoms with Crippen LogP contribution in [0.1, 0.15) is 66.2 Å². The van der Waals surface area contributed by atoms with Gasteiger partial charge in [-0.05, 0) is 52.4 Å². The van der Waals surface area contributed by atoms with Crippen molar-refractivity contribution in [2.24, 2.45) is 5.92 Å². The van der Waals surface area contributed by atoms with Crippen LogP contribution in [0.25, 0.3) is 0 Å². The molecule has 0 unspecified atom stereocenters. The summed E-state index contributed by atoms with van der Waals surface area (Å²) >= 11 is 0. The molecular formula is C16H32N2O2. The first-order valence-electron chi connectivity index (χ1n) is 8.11. The summed E-state index contributed by atoms with van der Waals surface area (Å²) in [5.41, 5.74) is -0.421. The second-order valence-corrected chi connectivity index (χ2v) is 6.89. The molecule has 2 N–H and O–H groups in total. The van der Waals surface area contributed by atoms with Crippen molar-refractivity contribution >= 4 is 6.09 Å². The molecule has 0 spiro atoms. The summed E-state index contributed by atoms with van der Waals surface area (Å²) in [6.07, 6.45) is 7.62. The maximum atomic E-state index is 11.5. The van der Waals surface area contributed by atoms with E-state index < -0.39 is 5.60 Å². The summed E-state index contributed by atoms with van der Waals surface area (Å²) in [6, 6.07) is 0.628. The molecule has 1 saturated carbocycles. The van der Waals surface area contributed by atoms with Crippen molar-refractivity contribution in [3.63, 3.8) is 0 Å². The number of carbonyl (C=O) groups is 1. The number of hydrogen-bond donors (Lipinski definition) is 2. The van der Waals surface area contributed by atoms with Crippen molar-refractivity contribution in [1.29, 1.82) is 0 Å². The molecule has 1 aliphatic carbocycles. The molecule has 0 aromatic carbocycles. The summed E-state index contributed by atoms with van der Waals surface area (Å²) in [6.45, 7) is 9.34. The molecule has 1 aliphatic rings. The van der Waals surface area contributed by atoms with Crippen molar-refractivity contribution in [3.05, 3.63) is 0 Å². The molecule has 0 aromatic heterocycles. The Morgan fingerprint density at radius 3 is 2.35 bits per heavy atom. The van der Waals surface area contributed by atoms with Gasteiger partial charge in [-0.3, -0.25) is 0 Å². The third-order valence-corrected chi connectivity index (χ3v) is 3.77. The first-order valence-corrected chi connectivity index (χ1v) is 8.11. The zero-order chi connectivity index (χ0) is 15.0. The number of rotatable bonds is 6. The maximum Gasteiger partial charge on any atom is 0.407 e. The van der Waals surface area contributed by atoms with E-state index in [1.54, 1.807) is 0 Å². The fourth-order valence-corrected chi connectivity index (χ4v) is 2.82. The van der Waals surface area contributed by atoms with E-state index in [-0.39, 0.29) is 6.09 Å². The van der Waals surface area contributed by atoms with Gasteiger partial charge in [0.25, 0.3) is 0 Å². The fourth-order valence-electron chi connectivity index (χ4n) is 2.82. The smallest absolute Gasteiger partial charge is 0.407 e. The van der Waals surface area contributed by atoms with Crippen molar-refractivity contribution < 1.29 is 9.53 Å². The van der Waals surface area contributed by atoms with Gasteiger partial charge in [0.2, 0.25) is 0 Å². The van der Waals surface area contributed by atoms with Crippen molar-refractivity contribution in [2.45, 2.75) is 77.9 Å². The van der Waals surface area contributed by atoms with Gasteiger partial charge in [0.15, 0.2) is 0 Å². The number of hydrogen-bond acceptors (Lipinski definition) is 3. The van der Waals surface area contributed by atoms with E-state index in [0.29, 0.717) is 12.6 Å². The lowest BCUT2D eigenvalue weighted by molar-refractivity contribution is 0.0527. The minimum atomic E-state index is -0.421. The second kappa shape index (κ2) is 8.50. The van der Waals surface area contributed by atoms with Crippen LogP contribution in [0.5, 0.6) is 0 Å². The minimum Gasteiger partial charge on any atom is -0.444 e. The Morgan fingerprint density at radius 2 is 1.80 bits per heavy atom. The van der Waals surface area contributed by atoms with Gasteiger partial charge in [0.1, 0.15) is 5.60 Å². The summed E-state index contributed by atoms with van der Waals surface area (Å²) in [5.74, 6) is 0.943. The molecule has 0 aliphatic heterocycles. The highest BCUT2D eigenvalue weighted by atomic mass is 16.6. The van der Waals surface area contributed by atoms with E-state index >= 15 is 0 Å². The van der Waals surface area contributed by atoms with E-state index in [9.17, 15) is 4.79 Å². The lowest BCUT2D eigenvalue weighted by Crippen LogP contribution is -2.40. The Kier molecular flexibility index (Phi) is 7.35. The molecule has 1 rings (SSSR count). The van der Waals surface area contributed by atoms with Crippen LogP contribution in [-0.4, -0.2) is 30.8 Å². The van der Waals surface area contributed by atoms with Crippen LogP contribution >= 0.6 is 0 Å².